The number of methoxy groups -OCH3 is 4. The number of hydrogen-bond donors (Lipinski definition) is 0. The minimum absolute atomic E-state index is 0.000420. The van der Waals surface area contributed by atoms with Gasteiger partial charge in [-0.15, -0.1) is 0 Å². The standard InChI is InChI=1S/C19H18O8/c1-9(20)26-15-12-13(21)10-7-6-8-11(22-2)14(10)27-16(12)18(24-4)19(25-5)17(15)23-3/h6-8H,1-5H3. The Kier molecular flexibility index (Phi) is 4.81. The fraction of sp³-hybridized carbons (Fsp3) is 0.263. The van der Waals surface area contributed by atoms with Gasteiger partial charge in [0.25, 0.3) is 0 Å². The number of benzene rings is 2. The Labute approximate surface area is 154 Å². The molecule has 0 atom stereocenters. The molecule has 8 nitrogen and oxygen atoms in total. The van der Waals surface area contributed by atoms with Crippen LogP contribution >= 0.6 is 0 Å². The van der Waals surface area contributed by atoms with Crippen LogP contribution in [-0.4, -0.2) is 34.4 Å². The molecule has 1 aromatic heterocycles. The number of esters is 1. The lowest BCUT2D eigenvalue weighted by Crippen LogP contribution is -2.11. The molecule has 3 aromatic rings. The molecule has 3 rings (SSSR count). The number of ether oxygens (including phenoxy) is 5. The van der Waals surface area contributed by atoms with Crippen LogP contribution in [0.1, 0.15) is 6.92 Å². The predicted octanol–water partition coefficient (Wildman–Crippen LogP) is 2.91. The van der Waals surface area contributed by atoms with Gasteiger partial charge in [-0.25, -0.2) is 0 Å². The SMILES string of the molecule is COc1c(OC)c(OC(C)=O)c2c(=O)c3cccc(OC)c3oc2c1OC. The summed E-state index contributed by atoms with van der Waals surface area (Å²) in [6, 6.07) is 4.91. The maximum atomic E-state index is 13.2. The van der Waals surface area contributed by atoms with E-state index in [2.05, 4.69) is 0 Å². The first-order chi connectivity index (χ1) is 13.0. The normalized spacial score (nSPS) is 10.7. The molecule has 1 heterocycles. The minimum Gasteiger partial charge on any atom is -0.493 e. The van der Waals surface area contributed by atoms with Crippen molar-refractivity contribution in [2.24, 2.45) is 0 Å². The van der Waals surface area contributed by atoms with E-state index in [1.165, 1.54) is 35.4 Å². The number of carbonyl (C=O) groups is 1. The van der Waals surface area contributed by atoms with Crippen molar-refractivity contribution in [3.05, 3.63) is 28.4 Å². The van der Waals surface area contributed by atoms with E-state index in [1.54, 1.807) is 18.2 Å². The lowest BCUT2D eigenvalue weighted by Gasteiger charge is -2.18. The van der Waals surface area contributed by atoms with E-state index in [-0.39, 0.29) is 44.9 Å². The molecule has 0 spiro atoms. The van der Waals surface area contributed by atoms with Crippen LogP contribution in [0.25, 0.3) is 21.9 Å². The topological polar surface area (TPSA) is 93.4 Å². The average Bonchev–Trinajstić information content (AvgIpc) is 2.66. The molecule has 0 aliphatic heterocycles. The molecule has 0 fully saturated rings. The number of rotatable bonds is 5. The van der Waals surface area contributed by atoms with Gasteiger partial charge in [0.05, 0.1) is 33.8 Å². The Balaban J connectivity index is 2.64. The highest BCUT2D eigenvalue weighted by molar-refractivity contribution is 6.02. The van der Waals surface area contributed by atoms with Crippen LogP contribution in [0.5, 0.6) is 28.7 Å². The summed E-state index contributed by atoms with van der Waals surface area (Å²) in [6.45, 7) is 1.22. The van der Waals surface area contributed by atoms with Crippen molar-refractivity contribution in [2.45, 2.75) is 6.92 Å². The van der Waals surface area contributed by atoms with E-state index in [0.29, 0.717) is 5.75 Å². The monoisotopic (exact) mass is 374 g/mol. The summed E-state index contributed by atoms with van der Waals surface area (Å²) in [5, 5.41) is 0.255. The quantitative estimate of drug-likeness (QED) is 0.382. The first-order valence-electron chi connectivity index (χ1n) is 7.92. The van der Waals surface area contributed by atoms with Crippen LogP contribution in [0.4, 0.5) is 0 Å². The highest BCUT2D eigenvalue weighted by atomic mass is 16.6. The second-order valence-corrected chi connectivity index (χ2v) is 5.49. The highest BCUT2D eigenvalue weighted by Gasteiger charge is 2.29. The van der Waals surface area contributed by atoms with Gasteiger partial charge in [-0.05, 0) is 12.1 Å². The molecule has 0 aliphatic rings. The van der Waals surface area contributed by atoms with Gasteiger partial charge in [-0.3, -0.25) is 9.59 Å². The van der Waals surface area contributed by atoms with E-state index in [1.807, 2.05) is 0 Å². The maximum Gasteiger partial charge on any atom is 0.308 e. The Bertz CT molecular complexity index is 1100. The van der Waals surface area contributed by atoms with Crippen LogP contribution in [0.3, 0.4) is 0 Å². The molecule has 0 aliphatic carbocycles. The van der Waals surface area contributed by atoms with Gasteiger partial charge in [-0.2, -0.15) is 0 Å². The summed E-state index contributed by atoms with van der Waals surface area (Å²) in [5.41, 5.74) is -0.147. The van der Waals surface area contributed by atoms with Crippen LogP contribution in [-0.2, 0) is 4.79 Å². The zero-order valence-electron chi connectivity index (χ0n) is 15.5. The first-order valence-corrected chi connectivity index (χ1v) is 7.92. The van der Waals surface area contributed by atoms with Gasteiger partial charge in [0.1, 0.15) is 5.39 Å². The third-order valence-corrected chi connectivity index (χ3v) is 4.01. The lowest BCUT2D eigenvalue weighted by atomic mass is 10.1. The van der Waals surface area contributed by atoms with Crippen molar-refractivity contribution < 1.29 is 32.9 Å². The molecule has 0 amide bonds. The van der Waals surface area contributed by atoms with E-state index < -0.39 is 11.4 Å². The zero-order chi connectivity index (χ0) is 19.7. The first kappa shape index (κ1) is 18.4. The van der Waals surface area contributed by atoms with Gasteiger partial charge in [0.15, 0.2) is 22.7 Å². The van der Waals surface area contributed by atoms with E-state index in [9.17, 15) is 9.59 Å². The van der Waals surface area contributed by atoms with Crippen molar-refractivity contribution in [3.63, 3.8) is 0 Å². The Morgan fingerprint density at radius 1 is 0.852 bits per heavy atom. The van der Waals surface area contributed by atoms with E-state index in [4.69, 9.17) is 28.1 Å². The molecule has 0 radical (unpaired) electrons. The van der Waals surface area contributed by atoms with Crippen LogP contribution < -0.4 is 29.1 Å². The molecule has 142 valence electrons. The molecule has 0 N–H and O–H groups in total. The minimum atomic E-state index is -0.632. The van der Waals surface area contributed by atoms with Crippen molar-refractivity contribution in [1.29, 1.82) is 0 Å². The molecular weight excluding hydrogens is 356 g/mol. The molecule has 27 heavy (non-hydrogen) atoms. The molecule has 0 saturated heterocycles. The second-order valence-electron chi connectivity index (χ2n) is 5.49. The Morgan fingerprint density at radius 2 is 1.48 bits per heavy atom. The molecule has 0 saturated carbocycles. The Hall–Kier alpha value is -3.42. The molecular formula is C19H18O8. The van der Waals surface area contributed by atoms with Crippen LogP contribution in [0.2, 0.25) is 0 Å². The van der Waals surface area contributed by atoms with Gasteiger partial charge in [0.2, 0.25) is 22.7 Å². The van der Waals surface area contributed by atoms with Gasteiger partial charge < -0.3 is 28.1 Å². The number of para-hydroxylation sites is 1. The maximum absolute atomic E-state index is 13.2. The number of hydrogen-bond acceptors (Lipinski definition) is 8. The van der Waals surface area contributed by atoms with Gasteiger partial charge in [-0.1, -0.05) is 6.07 Å². The molecule has 8 heteroatoms. The van der Waals surface area contributed by atoms with Crippen molar-refractivity contribution in [1.82, 2.24) is 0 Å². The van der Waals surface area contributed by atoms with Crippen molar-refractivity contribution >= 4 is 27.9 Å². The van der Waals surface area contributed by atoms with Crippen LogP contribution in [0, 0.1) is 0 Å². The summed E-state index contributed by atoms with van der Waals surface area (Å²) in [5.74, 6) is -0.0571. The van der Waals surface area contributed by atoms with Gasteiger partial charge in [0, 0.05) is 6.92 Å². The number of fused-ring (bicyclic) bond motifs is 2. The Morgan fingerprint density at radius 3 is 2.04 bits per heavy atom. The van der Waals surface area contributed by atoms with Gasteiger partial charge >= 0.3 is 5.97 Å². The molecule has 2 aromatic carbocycles. The largest absolute Gasteiger partial charge is 0.493 e. The van der Waals surface area contributed by atoms with E-state index >= 15 is 0 Å². The van der Waals surface area contributed by atoms with Crippen molar-refractivity contribution in [3.8, 4) is 28.7 Å². The second kappa shape index (κ2) is 7.06. The highest BCUT2D eigenvalue weighted by Crippen LogP contribution is 2.50. The summed E-state index contributed by atoms with van der Waals surface area (Å²) < 4.78 is 32.6. The summed E-state index contributed by atoms with van der Waals surface area (Å²) >= 11 is 0. The zero-order valence-corrected chi connectivity index (χ0v) is 15.5. The third-order valence-electron chi connectivity index (χ3n) is 4.01. The van der Waals surface area contributed by atoms with Crippen LogP contribution in [0.15, 0.2) is 27.4 Å². The number of carbonyl (C=O) groups excluding carboxylic acids is 1. The lowest BCUT2D eigenvalue weighted by molar-refractivity contribution is -0.131. The summed E-state index contributed by atoms with van der Waals surface area (Å²) in [7, 11) is 5.62. The fourth-order valence-electron chi connectivity index (χ4n) is 2.94. The molecule has 0 unspecified atom stereocenters. The smallest absolute Gasteiger partial charge is 0.308 e. The fourth-order valence-corrected chi connectivity index (χ4v) is 2.94. The summed E-state index contributed by atoms with van der Waals surface area (Å²) in [4.78, 5) is 24.9. The summed E-state index contributed by atoms with van der Waals surface area (Å²) in [6.07, 6.45) is 0. The van der Waals surface area contributed by atoms with E-state index in [0.717, 1.165) is 0 Å². The van der Waals surface area contributed by atoms with Crippen molar-refractivity contribution in [2.75, 3.05) is 28.4 Å². The predicted molar refractivity (Wildman–Crippen MR) is 97.5 cm³/mol. The third kappa shape index (κ3) is 2.79. The average molecular weight is 374 g/mol. The molecule has 0 bridgehead atoms.